The van der Waals surface area contributed by atoms with Crippen LogP contribution in [0.3, 0.4) is 0 Å². The van der Waals surface area contributed by atoms with Crippen LogP contribution in [0.1, 0.15) is 63.9 Å². The molecule has 2 aromatic rings. The van der Waals surface area contributed by atoms with E-state index in [1.54, 1.807) is 25.3 Å². The molecule has 0 amide bonds. The number of ether oxygens (including phenoxy) is 2. The van der Waals surface area contributed by atoms with E-state index >= 15 is 0 Å². The fourth-order valence-electron chi connectivity index (χ4n) is 4.34. The molecule has 0 bridgehead atoms. The SMILES string of the molecule is COc1ccc(C(=O)C2([P+](=O)C(=O)c3c(C)cccc3C)CCCCC2)c(OC)c1. The Labute approximate surface area is 178 Å². The van der Waals surface area contributed by atoms with Gasteiger partial charge >= 0.3 is 13.3 Å². The first-order valence-electron chi connectivity index (χ1n) is 10.2. The van der Waals surface area contributed by atoms with E-state index in [0.717, 1.165) is 30.4 Å². The third-order valence-electron chi connectivity index (χ3n) is 6.02. The summed E-state index contributed by atoms with van der Waals surface area (Å²) in [6.45, 7) is 3.68. The zero-order valence-electron chi connectivity index (χ0n) is 18.0. The van der Waals surface area contributed by atoms with Crippen LogP contribution in [0.5, 0.6) is 11.5 Å². The van der Waals surface area contributed by atoms with Gasteiger partial charge in [-0.3, -0.25) is 4.79 Å². The van der Waals surface area contributed by atoms with Crippen molar-refractivity contribution in [1.29, 1.82) is 0 Å². The maximum absolute atomic E-state index is 13.8. The highest BCUT2D eigenvalue weighted by Gasteiger charge is 2.60. The lowest BCUT2D eigenvalue weighted by Gasteiger charge is -2.27. The van der Waals surface area contributed by atoms with Crippen LogP contribution >= 0.6 is 7.80 Å². The van der Waals surface area contributed by atoms with E-state index in [1.807, 2.05) is 32.0 Å². The number of rotatable bonds is 7. The third-order valence-corrected chi connectivity index (χ3v) is 8.05. The molecule has 0 N–H and O–H groups in total. The predicted octanol–water partition coefficient (Wildman–Crippen LogP) is 5.87. The van der Waals surface area contributed by atoms with E-state index in [2.05, 4.69) is 0 Å². The summed E-state index contributed by atoms with van der Waals surface area (Å²) < 4.78 is 24.4. The largest absolute Gasteiger partial charge is 0.497 e. The highest BCUT2D eigenvalue weighted by molar-refractivity contribution is 7.67. The summed E-state index contributed by atoms with van der Waals surface area (Å²) in [7, 11) is 0.558. The highest BCUT2D eigenvalue weighted by Crippen LogP contribution is 2.53. The quantitative estimate of drug-likeness (QED) is 0.408. The van der Waals surface area contributed by atoms with Gasteiger partial charge in [0.15, 0.2) is 0 Å². The van der Waals surface area contributed by atoms with Crippen molar-refractivity contribution in [2.75, 3.05) is 14.2 Å². The molecule has 0 radical (unpaired) electrons. The summed E-state index contributed by atoms with van der Waals surface area (Å²) in [5.41, 5.74) is 1.95. The molecule has 2 aromatic carbocycles. The molecular formula is C24H28O5P+. The van der Waals surface area contributed by atoms with Gasteiger partial charge in [-0.1, -0.05) is 29.2 Å². The summed E-state index contributed by atoms with van der Waals surface area (Å²) in [6.07, 6.45) is 3.38. The van der Waals surface area contributed by atoms with Crippen LogP contribution in [-0.2, 0) is 4.57 Å². The number of hydrogen-bond acceptors (Lipinski definition) is 5. The third kappa shape index (κ3) is 3.91. The number of hydrogen-bond donors (Lipinski definition) is 0. The number of Topliss-reactive ketones (excluding diaryl/α,β-unsaturated/α-hetero) is 1. The molecule has 1 fully saturated rings. The van der Waals surface area contributed by atoms with Crippen LogP contribution in [0.4, 0.5) is 0 Å². The Hall–Kier alpha value is -2.52. The van der Waals surface area contributed by atoms with Crippen LogP contribution in [0.15, 0.2) is 36.4 Å². The molecule has 0 saturated heterocycles. The van der Waals surface area contributed by atoms with Gasteiger partial charge in [0.2, 0.25) is 10.9 Å². The Bertz CT molecular complexity index is 969. The Kier molecular flexibility index (Phi) is 6.72. The lowest BCUT2D eigenvalue weighted by molar-refractivity contribution is 0.0900. The van der Waals surface area contributed by atoms with Crippen molar-refractivity contribution in [2.45, 2.75) is 51.1 Å². The predicted molar refractivity (Wildman–Crippen MR) is 118 cm³/mol. The topological polar surface area (TPSA) is 69.7 Å². The minimum atomic E-state index is -2.47. The summed E-state index contributed by atoms with van der Waals surface area (Å²) in [5, 5.41) is -1.21. The molecule has 1 aliphatic rings. The van der Waals surface area contributed by atoms with E-state index in [-0.39, 0.29) is 5.78 Å². The Morgan fingerprint density at radius 2 is 1.57 bits per heavy atom. The van der Waals surface area contributed by atoms with Crippen LogP contribution in [0.2, 0.25) is 0 Å². The Morgan fingerprint density at radius 1 is 0.933 bits per heavy atom. The lowest BCUT2D eigenvalue weighted by Crippen LogP contribution is -2.39. The number of benzene rings is 2. The zero-order chi connectivity index (χ0) is 21.9. The smallest absolute Gasteiger partial charge is 0.434 e. The number of carbonyl (C=O) groups excluding carboxylic acids is 2. The molecule has 158 valence electrons. The Morgan fingerprint density at radius 3 is 2.13 bits per heavy atom. The van der Waals surface area contributed by atoms with Crippen LogP contribution in [0, 0.1) is 13.8 Å². The van der Waals surface area contributed by atoms with Gasteiger partial charge < -0.3 is 9.47 Å². The van der Waals surface area contributed by atoms with Gasteiger partial charge in [0.1, 0.15) is 11.5 Å². The minimum Gasteiger partial charge on any atom is -0.497 e. The molecule has 0 aliphatic heterocycles. The van der Waals surface area contributed by atoms with Crippen LogP contribution in [-0.4, -0.2) is 30.7 Å². The van der Waals surface area contributed by atoms with E-state index in [9.17, 15) is 14.2 Å². The fraction of sp³-hybridized carbons (Fsp3) is 0.417. The van der Waals surface area contributed by atoms with E-state index in [4.69, 9.17) is 9.47 Å². The number of aryl methyl sites for hydroxylation is 2. The van der Waals surface area contributed by atoms with Crippen molar-refractivity contribution in [3.05, 3.63) is 58.7 Å². The summed E-state index contributed by atoms with van der Waals surface area (Å²) in [6, 6.07) is 10.5. The first-order chi connectivity index (χ1) is 14.4. The van der Waals surface area contributed by atoms with Gasteiger partial charge in [-0.2, -0.15) is 0 Å². The molecule has 5 nitrogen and oxygen atoms in total. The average Bonchev–Trinajstić information content (AvgIpc) is 2.77. The number of carbonyl (C=O) groups is 2. The number of methoxy groups -OCH3 is 2. The van der Waals surface area contributed by atoms with Crippen LogP contribution < -0.4 is 9.47 Å². The van der Waals surface area contributed by atoms with Crippen molar-refractivity contribution in [3.63, 3.8) is 0 Å². The maximum atomic E-state index is 13.8. The van der Waals surface area contributed by atoms with Gasteiger partial charge in [0.05, 0.1) is 25.3 Å². The van der Waals surface area contributed by atoms with E-state index in [0.29, 0.717) is 35.5 Å². The summed E-state index contributed by atoms with van der Waals surface area (Å²) in [5.74, 6) is 0.659. The fourth-order valence-corrected chi connectivity index (χ4v) is 6.32. The van der Waals surface area contributed by atoms with Crippen molar-refractivity contribution in [3.8, 4) is 11.5 Å². The Balaban J connectivity index is 2.08. The average molecular weight is 427 g/mol. The van der Waals surface area contributed by atoms with Crippen molar-refractivity contribution in [2.24, 2.45) is 0 Å². The summed E-state index contributed by atoms with van der Waals surface area (Å²) in [4.78, 5) is 27.2. The molecule has 1 atom stereocenters. The highest BCUT2D eigenvalue weighted by atomic mass is 31.1. The van der Waals surface area contributed by atoms with Gasteiger partial charge in [-0.15, -0.1) is 0 Å². The number of ketones is 1. The first kappa shape index (κ1) is 22.2. The second kappa shape index (κ2) is 9.09. The molecule has 3 rings (SSSR count). The molecule has 1 saturated carbocycles. The molecule has 6 heteroatoms. The van der Waals surface area contributed by atoms with Crippen molar-refractivity contribution in [1.82, 2.24) is 0 Å². The second-order valence-corrected chi connectivity index (χ2v) is 9.70. The summed E-state index contributed by atoms with van der Waals surface area (Å²) >= 11 is 0. The second-order valence-electron chi connectivity index (χ2n) is 7.85. The standard InChI is InChI=1S/C24H28O5P/c1-16-9-8-10-17(2)21(16)23(26)30(27)24(13-6-5-7-14-24)22(25)19-12-11-18(28-3)15-20(19)29-4/h8-12,15H,5-7,13-14H2,1-4H3/q+1. The molecule has 30 heavy (non-hydrogen) atoms. The molecule has 1 aliphatic carbocycles. The molecule has 0 aromatic heterocycles. The molecule has 0 heterocycles. The van der Waals surface area contributed by atoms with Gasteiger partial charge in [0, 0.05) is 18.9 Å². The molecular weight excluding hydrogens is 399 g/mol. The van der Waals surface area contributed by atoms with E-state index in [1.165, 1.54) is 7.11 Å². The van der Waals surface area contributed by atoms with E-state index < -0.39 is 18.5 Å². The van der Waals surface area contributed by atoms with Gasteiger partial charge in [0.25, 0.3) is 0 Å². The first-order valence-corrected chi connectivity index (χ1v) is 11.5. The van der Waals surface area contributed by atoms with Crippen LogP contribution in [0.25, 0.3) is 0 Å². The van der Waals surface area contributed by atoms with Crippen molar-refractivity contribution < 1.29 is 23.6 Å². The van der Waals surface area contributed by atoms with Gasteiger partial charge in [-0.25, -0.2) is 4.79 Å². The normalized spacial score (nSPS) is 15.9. The lowest BCUT2D eigenvalue weighted by atomic mass is 9.82. The van der Waals surface area contributed by atoms with Gasteiger partial charge in [-0.05, 0) is 49.9 Å². The molecule has 1 unspecified atom stereocenters. The molecule has 0 spiro atoms. The zero-order valence-corrected chi connectivity index (χ0v) is 18.9. The maximum Gasteiger partial charge on any atom is 0.434 e. The monoisotopic (exact) mass is 427 g/mol. The van der Waals surface area contributed by atoms with Crippen molar-refractivity contribution >= 4 is 19.1 Å². The minimum absolute atomic E-state index is 0.276.